The first-order chi connectivity index (χ1) is 13.8. The van der Waals surface area contributed by atoms with E-state index in [9.17, 15) is 4.79 Å². The molecule has 1 amide bonds. The number of imidazole rings is 1. The summed E-state index contributed by atoms with van der Waals surface area (Å²) in [6.45, 7) is 2.08. The van der Waals surface area contributed by atoms with Crippen molar-refractivity contribution in [3.8, 4) is 11.3 Å². The molecule has 1 saturated heterocycles. The van der Waals surface area contributed by atoms with Crippen LogP contribution in [0.25, 0.3) is 16.2 Å². The normalized spacial score (nSPS) is 13.9. The largest absolute Gasteiger partial charge is 0.371 e. The van der Waals surface area contributed by atoms with Gasteiger partial charge in [-0.1, -0.05) is 12.1 Å². The Kier molecular flexibility index (Phi) is 4.29. The van der Waals surface area contributed by atoms with Crippen LogP contribution in [-0.2, 0) is 0 Å². The lowest BCUT2D eigenvalue weighted by Crippen LogP contribution is -2.19. The van der Waals surface area contributed by atoms with Crippen LogP contribution in [-0.4, -0.2) is 33.4 Å². The highest BCUT2D eigenvalue weighted by Crippen LogP contribution is 2.24. The summed E-state index contributed by atoms with van der Waals surface area (Å²) in [7, 11) is 0. The summed E-state index contributed by atoms with van der Waals surface area (Å²) in [5.41, 5.74) is 4.17. The van der Waals surface area contributed by atoms with Gasteiger partial charge in [0.05, 0.1) is 5.69 Å². The summed E-state index contributed by atoms with van der Waals surface area (Å²) in [5.74, 6) is -0.198. The fraction of sp³-hybridized carbons (Fsp3) is 0.190. The Bertz CT molecular complexity index is 1100. The Balaban J connectivity index is 1.31. The van der Waals surface area contributed by atoms with Gasteiger partial charge in [-0.3, -0.25) is 14.2 Å². The monoisotopic (exact) mass is 389 g/mol. The lowest BCUT2D eigenvalue weighted by Gasteiger charge is -2.17. The molecule has 140 valence electrons. The van der Waals surface area contributed by atoms with Gasteiger partial charge in [0.25, 0.3) is 5.91 Å². The van der Waals surface area contributed by atoms with E-state index in [1.165, 1.54) is 12.8 Å². The van der Waals surface area contributed by atoms with Gasteiger partial charge >= 0.3 is 0 Å². The molecule has 0 atom stereocenters. The summed E-state index contributed by atoms with van der Waals surface area (Å²) in [5, 5.41) is 4.94. The molecule has 6 nitrogen and oxygen atoms in total. The number of pyridine rings is 1. The summed E-state index contributed by atoms with van der Waals surface area (Å²) < 4.78 is 2.01. The molecule has 3 aromatic heterocycles. The first-order valence-corrected chi connectivity index (χ1v) is 10.2. The van der Waals surface area contributed by atoms with E-state index in [4.69, 9.17) is 0 Å². The molecule has 5 rings (SSSR count). The highest BCUT2D eigenvalue weighted by molar-refractivity contribution is 7.15. The highest BCUT2D eigenvalue weighted by atomic mass is 32.1. The number of thiazole rings is 1. The van der Waals surface area contributed by atoms with E-state index < -0.39 is 0 Å². The number of anilines is 2. The molecule has 1 fully saturated rings. The predicted molar refractivity (Wildman–Crippen MR) is 112 cm³/mol. The summed E-state index contributed by atoms with van der Waals surface area (Å²) in [4.78, 5) is 24.7. The van der Waals surface area contributed by atoms with Crippen LogP contribution in [0.1, 0.15) is 23.3 Å². The van der Waals surface area contributed by atoms with Gasteiger partial charge in [-0.2, -0.15) is 0 Å². The van der Waals surface area contributed by atoms with Crippen molar-refractivity contribution in [2.24, 2.45) is 0 Å². The predicted octanol–water partition coefficient (Wildman–Crippen LogP) is 4.31. The van der Waals surface area contributed by atoms with E-state index in [0.29, 0.717) is 5.69 Å². The second-order valence-electron chi connectivity index (χ2n) is 6.84. The van der Waals surface area contributed by atoms with Crippen LogP contribution in [0, 0.1) is 0 Å². The number of aromatic nitrogens is 3. The van der Waals surface area contributed by atoms with Gasteiger partial charge in [-0.15, -0.1) is 11.3 Å². The Morgan fingerprint density at radius 2 is 1.93 bits per heavy atom. The van der Waals surface area contributed by atoms with E-state index in [1.807, 2.05) is 58.6 Å². The Morgan fingerprint density at radius 3 is 2.71 bits per heavy atom. The first-order valence-electron chi connectivity index (χ1n) is 9.31. The Labute approximate surface area is 166 Å². The third-order valence-electron chi connectivity index (χ3n) is 4.98. The van der Waals surface area contributed by atoms with E-state index in [-0.39, 0.29) is 5.91 Å². The lowest BCUT2D eigenvalue weighted by atomic mass is 10.1. The van der Waals surface area contributed by atoms with E-state index >= 15 is 0 Å². The molecule has 28 heavy (non-hydrogen) atoms. The summed E-state index contributed by atoms with van der Waals surface area (Å²) >= 11 is 1.61. The van der Waals surface area contributed by atoms with Gasteiger partial charge in [0.2, 0.25) is 0 Å². The zero-order valence-corrected chi connectivity index (χ0v) is 16.0. The standard InChI is InChI=1S/C21H19N5OS/c27-20(18-13-17(7-8-22-18)25-9-1-2-10-25)23-16-5-3-15(4-6-16)19-14-26-11-12-28-21(26)24-19/h3-8,11-14H,1-2,9-10H2,(H,23,27). The fourth-order valence-corrected chi connectivity index (χ4v) is 4.20. The minimum absolute atomic E-state index is 0.198. The summed E-state index contributed by atoms with van der Waals surface area (Å²) in [6, 6.07) is 11.6. The van der Waals surface area contributed by atoms with Crippen molar-refractivity contribution in [2.45, 2.75) is 12.8 Å². The number of hydrogen-bond donors (Lipinski definition) is 1. The van der Waals surface area contributed by atoms with Crippen LogP contribution >= 0.6 is 11.3 Å². The number of carbonyl (C=O) groups is 1. The molecule has 0 saturated carbocycles. The highest BCUT2D eigenvalue weighted by Gasteiger charge is 2.15. The van der Waals surface area contributed by atoms with E-state index in [0.717, 1.165) is 40.7 Å². The van der Waals surface area contributed by atoms with Crippen LogP contribution in [0.3, 0.4) is 0 Å². The van der Waals surface area contributed by atoms with Crippen LogP contribution in [0.15, 0.2) is 60.4 Å². The minimum atomic E-state index is -0.198. The molecule has 1 aliphatic rings. The Morgan fingerprint density at radius 1 is 1.11 bits per heavy atom. The molecule has 7 heteroatoms. The molecule has 4 heterocycles. The van der Waals surface area contributed by atoms with Gasteiger partial charge in [0.15, 0.2) is 4.96 Å². The Hall–Kier alpha value is -3.19. The molecule has 0 bridgehead atoms. The SMILES string of the molecule is O=C(Nc1ccc(-c2cn3ccsc3n2)cc1)c1cc(N2CCCC2)ccn1. The maximum absolute atomic E-state index is 12.6. The lowest BCUT2D eigenvalue weighted by molar-refractivity contribution is 0.102. The smallest absolute Gasteiger partial charge is 0.274 e. The van der Waals surface area contributed by atoms with Crippen molar-refractivity contribution in [1.29, 1.82) is 0 Å². The summed E-state index contributed by atoms with van der Waals surface area (Å²) in [6.07, 6.45) is 8.10. The van der Waals surface area contributed by atoms with Crippen molar-refractivity contribution in [2.75, 3.05) is 23.3 Å². The van der Waals surface area contributed by atoms with Crippen molar-refractivity contribution < 1.29 is 4.79 Å². The minimum Gasteiger partial charge on any atom is -0.371 e. The van der Waals surface area contributed by atoms with E-state index in [1.54, 1.807) is 17.5 Å². The van der Waals surface area contributed by atoms with Gasteiger partial charge < -0.3 is 10.2 Å². The quantitative estimate of drug-likeness (QED) is 0.565. The number of nitrogens with zero attached hydrogens (tertiary/aromatic N) is 4. The first kappa shape index (κ1) is 16.9. The molecule has 0 aliphatic carbocycles. The molecule has 1 aromatic carbocycles. The van der Waals surface area contributed by atoms with Gasteiger partial charge in [-0.05, 0) is 37.1 Å². The number of amides is 1. The number of hydrogen-bond acceptors (Lipinski definition) is 5. The average Bonchev–Trinajstić information content (AvgIpc) is 3.46. The van der Waals surface area contributed by atoms with Gasteiger partial charge in [0, 0.05) is 54.0 Å². The molecular formula is C21H19N5OS. The molecule has 0 spiro atoms. The van der Waals surface area contributed by atoms with E-state index in [2.05, 4.69) is 20.2 Å². The average molecular weight is 389 g/mol. The van der Waals surface area contributed by atoms with Crippen molar-refractivity contribution >= 4 is 33.6 Å². The van der Waals surface area contributed by atoms with Gasteiger partial charge in [0.1, 0.15) is 5.69 Å². The number of carbonyl (C=O) groups excluding carboxylic acids is 1. The van der Waals surface area contributed by atoms with Crippen LogP contribution in [0.4, 0.5) is 11.4 Å². The zero-order valence-electron chi connectivity index (χ0n) is 15.2. The zero-order chi connectivity index (χ0) is 18.9. The molecule has 0 unspecified atom stereocenters. The molecule has 1 N–H and O–H groups in total. The fourth-order valence-electron chi connectivity index (χ4n) is 3.50. The number of fused-ring (bicyclic) bond motifs is 1. The topological polar surface area (TPSA) is 62.5 Å². The maximum atomic E-state index is 12.6. The number of benzene rings is 1. The van der Waals surface area contributed by atoms with Crippen LogP contribution in [0.5, 0.6) is 0 Å². The molecular weight excluding hydrogens is 370 g/mol. The maximum Gasteiger partial charge on any atom is 0.274 e. The van der Waals surface area contributed by atoms with Crippen molar-refractivity contribution in [3.63, 3.8) is 0 Å². The third kappa shape index (κ3) is 3.25. The van der Waals surface area contributed by atoms with Crippen molar-refractivity contribution in [3.05, 3.63) is 66.1 Å². The van der Waals surface area contributed by atoms with Gasteiger partial charge in [-0.25, -0.2) is 4.98 Å². The second kappa shape index (κ2) is 7.09. The molecule has 0 radical (unpaired) electrons. The third-order valence-corrected chi connectivity index (χ3v) is 5.75. The molecule has 1 aliphatic heterocycles. The number of nitrogens with one attached hydrogen (secondary N) is 1. The van der Waals surface area contributed by atoms with Crippen LogP contribution < -0.4 is 10.2 Å². The number of rotatable bonds is 4. The van der Waals surface area contributed by atoms with Crippen molar-refractivity contribution in [1.82, 2.24) is 14.4 Å². The molecule has 4 aromatic rings. The second-order valence-corrected chi connectivity index (χ2v) is 7.72. The van der Waals surface area contributed by atoms with Crippen LogP contribution in [0.2, 0.25) is 0 Å².